The van der Waals surface area contributed by atoms with Crippen molar-refractivity contribution in [1.82, 2.24) is 10.3 Å². The third-order valence-electron chi connectivity index (χ3n) is 4.66. The Bertz CT molecular complexity index is 930. The summed E-state index contributed by atoms with van der Waals surface area (Å²) >= 11 is 1.54. The third-order valence-corrected chi connectivity index (χ3v) is 5.63. The molecule has 1 aromatic heterocycles. The van der Waals surface area contributed by atoms with E-state index in [2.05, 4.69) is 39.7 Å². The molecule has 1 N–H and O–H groups in total. The molecule has 0 bridgehead atoms. The van der Waals surface area contributed by atoms with Gasteiger partial charge in [0.2, 0.25) is 6.10 Å². The monoisotopic (exact) mass is 391 g/mol. The molecule has 1 aliphatic heterocycles. The van der Waals surface area contributed by atoms with Crippen molar-refractivity contribution in [2.75, 3.05) is 0 Å². The summed E-state index contributed by atoms with van der Waals surface area (Å²) in [7, 11) is 0. The van der Waals surface area contributed by atoms with E-state index in [1.807, 2.05) is 48.7 Å². The van der Waals surface area contributed by atoms with Gasteiger partial charge in [0.25, 0.3) is 5.91 Å². The van der Waals surface area contributed by atoms with E-state index in [1.54, 1.807) is 0 Å². The second kappa shape index (κ2) is 8.35. The van der Waals surface area contributed by atoms with Crippen LogP contribution in [0, 0.1) is 6.92 Å². The van der Waals surface area contributed by atoms with Crippen LogP contribution in [0.3, 0.4) is 0 Å². The van der Waals surface area contributed by atoms with Crippen molar-refractivity contribution in [2.45, 2.75) is 31.9 Å². The zero-order chi connectivity index (χ0) is 19.3. The van der Waals surface area contributed by atoms with Gasteiger partial charge in [-0.05, 0) is 18.1 Å². The average molecular weight is 391 g/mol. The zero-order valence-corrected chi connectivity index (χ0v) is 16.4. The van der Waals surface area contributed by atoms with Gasteiger partial charge in [-0.1, -0.05) is 65.8 Å². The van der Waals surface area contributed by atoms with Gasteiger partial charge in [-0.15, -0.1) is 11.3 Å². The molecule has 0 fully saturated rings. The number of carbonyl (C=O) groups excluding carboxylic acids is 1. The van der Waals surface area contributed by atoms with Gasteiger partial charge in [-0.3, -0.25) is 4.79 Å². The molecule has 1 atom stereocenters. The summed E-state index contributed by atoms with van der Waals surface area (Å²) in [5.41, 5.74) is 4.10. The number of benzene rings is 2. The largest absolute Gasteiger partial charge is 0.382 e. The van der Waals surface area contributed by atoms with Crippen molar-refractivity contribution in [3.05, 3.63) is 87.9 Å². The Balaban J connectivity index is 1.46. The molecule has 0 aliphatic carbocycles. The van der Waals surface area contributed by atoms with Crippen LogP contribution in [-0.2, 0) is 16.2 Å². The minimum Gasteiger partial charge on any atom is -0.382 e. The first-order valence-electron chi connectivity index (χ1n) is 9.22. The van der Waals surface area contributed by atoms with Crippen LogP contribution >= 0.6 is 11.3 Å². The molecule has 2 aromatic carbocycles. The lowest BCUT2D eigenvalue weighted by atomic mass is 9.85. The quantitative estimate of drug-likeness (QED) is 0.690. The van der Waals surface area contributed by atoms with Gasteiger partial charge in [0, 0.05) is 17.5 Å². The number of oxime groups is 1. The summed E-state index contributed by atoms with van der Waals surface area (Å²) in [6.45, 7) is 2.35. The maximum Gasteiger partial charge on any atom is 0.264 e. The predicted molar refractivity (Wildman–Crippen MR) is 110 cm³/mol. The van der Waals surface area contributed by atoms with Crippen LogP contribution in [0.1, 0.15) is 34.2 Å². The summed E-state index contributed by atoms with van der Waals surface area (Å²) < 4.78 is 0. The first kappa shape index (κ1) is 18.4. The molecule has 3 aromatic rings. The van der Waals surface area contributed by atoms with Crippen molar-refractivity contribution < 1.29 is 9.63 Å². The zero-order valence-electron chi connectivity index (χ0n) is 15.5. The lowest BCUT2D eigenvalue weighted by Crippen LogP contribution is -2.34. The fourth-order valence-electron chi connectivity index (χ4n) is 3.34. The van der Waals surface area contributed by atoms with Crippen LogP contribution in [0.15, 0.2) is 71.2 Å². The van der Waals surface area contributed by atoms with Gasteiger partial charge >= 0.3 is 0 Å². The lowest BCUT2D eigenvalue weighted by molar-refractivity contribution is -0.131. The average Bonchev–Trinajstić information content (AvgIpc) is 3.37. The van der Waals surface area contributed by atoms with Gasteiger partial charge < -0.3 is 10.2 Å². The summed E-state index contributed by atoms with van der Waals surface area (Å²) in [5, 5.41) is 10.1. The van der Waals surface area contributed by atoms with Crippen LogP contribution in [0.4, 0.5) is 0 Å². The van der Waals surface area contributed by atoms with E-state index in [9.17, 15) is 4.79 Å². The SMILES string of the molecule is Cc1csc(CNC(=O)[C@@H]2CC(C(c3ccccc3)c3ccccc3)=NO2)n1. The fraction of sp³-hybridized carbons (Fsp3) is 0.227. The molecular weight excluding hydrogens is 370 g/mol. The second-order valence-corrected chi connectivity index (χ2v) is 7.68. The van der Waals surface area contributed by atoms with Crippen molar-refractivity contribution >= 4 is 23.0 Å². The summed E-state index contributed by atoms with van der Waals surface area (Å²) in [6, 6.07) is 20.4. The summed E-state index contributed by atoms with van der Waals surface area (Å²) in [4.78, 5) is 22.4. The number of hydrogen-bond donors (Lipinski definition) is 1. The molecule has 6 heteroatoms. The van der Waals surface area contributed by atoms with E-state index in [0.717, 1.165) is 27.5 Å². The van der Waals surface area contributed by atoms with Crippen LogP contribution in [0.5, 0.6) is 0 Å². The molecule has 5 nitrogen and oxygen atoms in total. The summed E-state index contributed by atoms with van der Waals surface area (Å²) in [6.07, 6.45) is -0.136. The van der Waals surface area contributed by atoms with Gasteiger partial charge in [0.05, 0.1) is 18.2 Å². The highest BCUT2D eigenvalue weighted by Gasteiger charge is 2.33. The molecule has 1 amide bonds. The van der Waals surface area contributed by atoms with E-state index in [4.69, 9.17) is 4.84 Å². The number of rotatable bonds is 6. The first-order chi connectivity index (χ1) is 13.7. The highest BCUT2D eigenvalue weighted by atomic mass is 32.1. The van der Waals surface area contributed by atoms with E-state index in [-0.39, 0.29) is 11.8 Å². The Hall–Kier alpha value is -2.99. The minimum atomic E-state index is -0.606. The number of hydrogen-bond acceptors (Lipinski definition) is 5. The topological polar surface area (TPSA) is 63.6 Å². The fourth-order valence-corrected chi connectivity index (χ4v) is 4.05. The number of aromatic nitrogens is 1. The Labute approximate surface area is 168 Å². The van der Waals surface area contributed by atoms with Gasteiger partial charge in [-0.2, -0.15) is 0 Å². The number of thiazole rings is 1. The Morgan fingerprint density at radius 1 is 1.14 bits per heavy atom. The van der Waals surface area contributed by atoms with Crippen LogP contribution < -0.4 is 5.32 Å². The summed E-state index contributed by atoms with van der Waals surface area (Å²) in [5.74, 6) is -0.187. The molecular formula is C22H21N3O2S. The van der Waals surface area contributed by atoms with Crippen molar-refractivity contribution in [3.8, 4) is 0 Å². The molecule has 1 aliphatic rings. The Morgan fingerprint density at radius 2 is 1.79 bits per heavy atom. The van der Waals surface area contributed by atoms with Gasteiger partial charge in [0.15, 0.2) is 0 Å². The van der Waals surface area contributed by atoms with E-state index in [1.165, 1.54) is 11.3 Å². The molecule has 2 heterocycles. The highest BCUT2D eigenvalue weighted by molar-refractivity contribution is 7.09. The number of carbonyl (C=O) groups is 1. The normalized spacial score (nSPS) is 15.9. The number of amides is 1. The van der Waals surface area contributed by atoms with Crippen molar-refractivity contribution in [3.63, 3.8) is 0 Å². The molecule has 0 saturated heterocycles. The van der Waals surface area contributed by atoms with Crippen molar-refractivity contribution in [2.24, 2.45) is 5.16 Å². The Kier molecular flexibility index (Phi) is 5.48. The standard InChI is InChI=1S/C22H21N3O2S/c1-15-14-28-20(24-15)13-23-22(26)19-12-18(25-27-19)21(16-8-4-2-5-9-16)17-10-6-3-7-11-17/h2-11,14,19,21H,12-13H2,1H3,(H,23,26)/t19-/m0/s1. The maximum atomic E-state index is 12.5. The number of nitrogens with zero attached hydrogens (tertiary/aromatic N) is 2. The van der Waals surface area contributed by atoms with E-state index < -0.39 is 6.10 Å². The first-order valence-corrected chi connectivity index (χ1v) is 10.1. The van der Waals surface area contributed by atoms with Crippen LogP contribution in [-0.4, -0.2) is 22.7 Å². The molecule has 142 valence electrons. The second-order valence-electron chi connectivity index (χ2n) is 6.74. The number of aryl methyl sites for hydroxylation is 1. The molecule has 0 radical (unpaired) electrons. The van der Waals surface area contributed by atoms with Crippen LogP contribution in [0.25, 0.3) is 0 Å². The molecule has 0 saturated carbocycles. The smallest absolute Gasteiger partial charge is 0.264 e. The molecule has 0 unspecified atom stereocenters. The number of nitrogens with one attached hydrogen (secondary N) is 1. The Morgan fingerprint density at radius 3 is 2.36 bits per heavy atom. The van der Waals surface area contributed by atoms with Crippen LogP contribution in [0.2, 0.25) is 0 Å². The minimum absolute atomic E-state index is 0.0261. The van der Waals surface area contributed by atoms with Crippen molar-refractivity contribution in [1.29, 1.82) is 0 Å². The van der Waals surface area contributed by atoms with Gasteiger partial charge in [-0.25, -0.2) is 4.98 Å². The van der Waals surface area contributed by atoms with E-state index in [0.29, 0.717) is 13.0 Å². The molecule has 28 heavy (non-hydrogen) atoms. The molecule has 0 spiro atoms. The maximum absolute atomic E-state index is 12.5. The van der Waals surface area contributed by atoms with E-state index >= 15 is 0 Å². The highest BCUT2D eigenvalue weighted by Crippen LogP contribution is 2.31. The van der Waals surface area contributed by atoms with Gasteiger partial charge in [0.1, 0.15) is 5.01 Å². The lowest BCUT2D eigenvalue weighted by Gasteiger charge is -2.17. The predicted octanol–water partition coefficient (Wildman–Crippen LogP) is 4.04. The molecule has 4 rings (SSSR count). The third kappa shape index (κ3) is 4.12.